The number of nitro groups is 1. The van der Waals surface area contributed by atoms with E-state index in [1.807, 2.05) is 91.1 Å². The van der Waals surface area contributed by atoms with Crippen molar-refractivity contribution < 1.29 is 9.72 Å². The fraction of sp³-hybridized carbons (Fsp3) is 0.0323. The summed E-state index contributed by atoms with van der Waals surface area (Å²) in [4.78, 5) is 26.9. The predicted molar refractivity (Wildman–Crippen MR) is 151 cm³/mol. The second kappa shape index (κ2) is 10.8. The predicted octanol–water partition coefficient (Wildman–Crippen LogP) is 7.43. The maximum Gasteiger partial charge on any atom is 0.269 e. The minimum atomic E-state index is -0.398. The van der Waals surface area contributed by atoms with Crippen LogP contribution in [0, 0.1) is 10.1 Å². The molecule has 0 atom stereocenters. The summed E-state index contributed by atoms with van der Waals surface area (Å²) in [6, 6.07) is 35.9. The zero-order valence-electron chi connectivity index (χ0n) is 20.6. The van der Waals surface area contributed by atoms with Crippen molar-refractivity contribution in [3.63, 3.8) is 0 Å². The Hall–Kier alpha value is -5.30. The van der Waals surface area contributed by atoms with Crippen LogP contribution < -0.4 is 5.32 Å². The average molecular weight is 501 g/mol. The van der Waals surface area contributed by atoms with E-state index in [0.717, 1.165) is 39.5 Å². The van der Waals surface area contributed by atoms with Crippen molar-refractivity contribution in [3.8, 4) is 28.2 Å². The molecule has 0 bridgehead atoms. The molecule has 0 aliphatic rings. The van der Waals surface area contributed by atoms with Gasteiger partial charge in [0.15, 0.2) is 0 Å². The maximum absolute atomic E-state index is 11.3. The fourth-order valence-corrected chi connectivity index (χ4v) is 4.31. The smallest absolute Gasteiger partial charge is 0.269 e. The Morgan fingerprint density at radius 1 is 0.842 bits per heavy atom. The van der Waals surface area contributed by atoms with Crippen molar-refractivity contribution in [2.45, 2.75) is 6.92 Å². The number of aliphatic imine (C=N–C) groups is 1. The van der Waals surface area contributed by atoms with E-state index in [4.69, 9.17) is 4.99 Å². The van der Waals surface area contributed by atoms with Gasteiger partial charge in [0.05, 0.1) is 22.0 Å². The molecule has 0 unspecified atom stereocenters. The van der Waals surface area contributed by atoms with Crippen LogP contribution in [0.3, 0.4) is 0 Å². The van der Waals surface area contributed by atoms with Crippen molar-refractivity contribution in [2.75, 3.05) is 5.32 Å². The van der Waals surface area contributed by atoms with Gasteiger partial charge in [-0.3, -0.25) is 19.9 Å². The lowest BCUT2D eigenvalue weighted by Gasteiger charge is -2.15. The molecule has 0 saturated carbocycles. The molecule has 0 spiro atoms. The van der Waals surface area contributed by atoms with Crippen molar-refractivity contribution in [1.82, 2.24) is 4.57 Å². The minimum Gasteiger partial charge on any atom is -0.326 e. The van der Waals surface area contributed by atoms with Gasteiger partial charge >= 0.3 is 0 Å². The molecular formula is C31H24N4O3. The first-order chi connectivity index (χ1) is 18.5. The van der Waals surface area contributed by atoms with E-state index >= 15 is 0 Å². The van der Waals surface area contributed by atoms with Crippen LogP contribution in [0.1, 0.15) is 12.5 Å². The molecule has 186 valence electrons. The standard InChI is InChI=1S/C31H24N4O3/c1-22(36)33-27-14-12-26(13-15-27)32-21-25-20-30(23-8-4-2-5-9-23)34(31(25)24-10-6-3-7-11-24)28-16-18-29(19-17-28)35(37)38/h2-21H,1H3,(H,33,36). The third-order valence-electron chi connectivity index (χ3n) is 6.01. The summed E-state index contributed by atoms with van der Waals surface area (Å²) in [5.74, 6) is -0.130. The highest BCUT2D eigenvalue weighted by Crippen LogP contribution is 2.36. The molecule has 0 radical (unpaired) electrons. The first kappa shape index (κ1) is 24.4. The Morgan fingerprint density at radius 2 is 1.45 bits per heavy atom. The van der Waals surface area contributed by atoms with Crippen molar-refractivity contribution in [1.29, 1.82) is 0 Å². The number of aromatic nitrogens is 1. The molecule has 0 aliphatic carbocycles. The quantitative estimate of drug-likeness (QED) is 0.143. The molecule has 1 heterocycles. The van der Waals surface area contributed by atoms with Gasteiger partial charge in [-0.05, 0) is 53.6 Å². The molecule has 0 fully saturated rings. The Balaban J connectivity index is 1.68. The van der Waals surface area contributed by atoms with Crippen LogP contribution >= 0.6 is 0 Å². The van der Waals surface area contributed by atoms with Crippen molar-refractivity contribution in [3.05, 3.63) is 131 Å². The van der Waals surface area contributed by atoms with E-state index in [1.165, 1.54) is 19.1 Å². The highest BCUT2D eigenvalue weighted by molar-refractivity contribution is 5.95. The van der Waals surface area contributed by atoms with Gasteiger partial charge in [-0.2, -0.15) is 0 Å². The summed E-state index contributed by atoms with van der Waals surface area (Å²) < 4.78 is 2.11. The highest BCUT2D eigenvalue weighted by atomic mass is 16.6. The average Bonchev–Trinajstić information content (AvgIpc) is 3.33. The largest absolute Gasteiger partial charge is 0.326 e. The summed E-state index contributed by atoms with van der Waals surface area (Å²) in [6.07, 6.45) is 1.82. The topological polar surface area (TPSA) is 89.5 Å². The maximum atomic E-state index is 11.3. The van der Waals surface area contributed by atoms with Gasteiger partial charge in [-0.1, -0.05) is 60.7 Å². The molecule has 5 aromatic rings. The van der Waals surface area contributed by atoms with Crippen LogP contribution in [-0.4, -0.2) is 21.6 Å². The van der Waals surface area contributed by atoms with Crippen molar-refractivity contribution in [2.24, 2.45) is 4.99 Å². The molecule has 1 aromatic heterocycles. The van der Waals surface area contributed by atoms with Gasteiger partial charge in [-0.15, -0.1) is 0 Å². The SMILES string of the molecule is CC(=O)Nc1ccc(N=Cc2cc(-c3ccccc3)n(-c3ccc([N+](=O)[O-])cc3)c2-c2ccccc2)cc1. The summed E-state index contributed by atoms with van der Waals surface area (Å²) >= 11 is 0. The Labute approximate surface area is 219 Å². The van der Waals surface area contributed by atoms with Crippen LogP contribution in [0.15, 0.2) is 120 Å². The Bertz CT molecular complexity index is 1610. The van der Waals surface area contributed by atoms with E-state index < -0.39 is 4.92 Å². The van der Waals surface area contributed by atoms with E-state index in [-0.39, 0.29) is 11.6 Å². The lowest BCUT2D eigenvalue weighted by molar-refractivity contribution is -0.384. The van der Waals surface area contributed by atoms with Crippen LogP contribution in [0.5, 0.6) is 0 Å². The van der Waals surface area contributed by atoms with Gasteiger partial charge in [0.2, 0.25) is 5.91 Å². The molecule has 7 heteroatoms. The normalized spacial score (nSPS) is 11.0. The number of nitrogens with zero attached hydrogens (tertiary/aromatic N) is 3. The number of amides is 1. The zero-order chi connectivity index (χ0) is 26.5. The number of non-ortho nitro benzene ring substituents is 1. The molecule has 4 aromatic carbocycles. The second-order valence-electron chi connectivity index (χ2n) is 8.66. The number of hydrogen-bond acceptors (Lipinski definition) is 4. The number of benzene rings is 4. The monoisotopic (exact) mass is 500 g/mol. The van der Waals surface area contributed by atoms with Crippen LogP contribution in [-0.2, 0) is 4.79 Å². The molecule has 7 nitrogen and oxygen atoms in total. The van der Waals surface area contributed by atoms with Gasteiger partial charge in [0.25, 0.3) is 5.69 Å². The van der Waals surface area contributed by atoms with Gasteiger partial charge in [0, 0.05) is 42.2 Å². The number of nitro benzene ring substituents is 1. The molecule has 0 saturated heterocycles. The summed E-state index contributed by atoms with van der Waals surface area (Å²) in [5.41, 5.74) is 7.00. The van der Waals surface area contributed by atoms with Crippen LogP contribution in [0.2, 0.25) is 0 Å². The Kier molecular flexibility index (Phi) is 6.91. The Morgan fingerprint density at radius 3 is 2.03 bits per heavy atom. The molecule has 5 rings (SSSR count). The number of carbonyl (C=O) groups is 1. The van der Waals surface area contributed by atoms with Gasteiger partial charge < -0.3 is 9.88 Å². The summed E-state index contributed by atoms with van der Waals surface area (Å²) in [5, 5.41) is 14.0. The fourth-order valence-electron chi connectivity index (χ4n) is 4.31. The molecular weight excluding hydrogens is 476 g/mol. The van der Waals surface area contributed by atoms with Crippen LogP contribution in [0.4, 0.5) is 17.1 Å². The zero-order valence-corrected chi connectivity index (χ0v) is 20.6. The number of carbonyl (C=O) groups excluding carboxylic acids is 1. The van der Waals surface area contributed by atoms with Crippen LogP contribution in [0.25, 0.3) is 28.2 Å². The number of rotatable bonds is 7. The third kappa shape index (κ3) is 5.27. The van der Waals surface area contributed by atoms with E-state index in [1.54, 1.807) is 12.1 Å². The number of nitrogens with one attached hydrogen (secondary N) is 1. The lowest BCUT2D eigenvalue weighted by atomic mass is 10.1. The van der Waals surface area contributed by atoms with Gasteiger partial charge in [0.1, 0.15) is 0 Å². The first-order valence-corrected chi connectivity index (χ1v) is 12.0. The second-order valence-corrected chi connectivity index (χ2v) is 8.66. The summed E-state index contributed by atoms with van der Waals surface area (Å²) in [7, 11) is 0. The first-order valence-electron chi connectivity index (χ1n) is 12.0. The van der Waals surface area contributed by atoms with Gasteiger partial charge in [-0.25, -0.2) is 0 Å². The lowest BCUT2D eigenvalue weighted by Crippen LogP contribution is -2.04. The third-order valence-corrected chi connectivity index (χ3v) is 6.01. The molecule has 0 aliphatic heterocycles. The molecule has 38 heavy (non-hydrogen) atoms. The summed E-state index contributed by atoms with van der Waals surface area (Å²) in [6.45, 7) is 1.47. The number of anilines is 1. The van der Waals surface area contributed by atoms with E-state index in [0.29, 0.717) is 5.69 Å². The molecule has 1 N–H and O–H groups in total. The molecule has 1 amide bonds. The number of hydrogen-bond donors (Lipinski definition) is 1. The highest BCUT2D eigenvalue weighted by Gasteiger charge is 2.19. The minimum absolute atomic E-state index is 0.0351. The van der Waals surface area contributed by atoms with Crippen molar-refractivity contribution >= 4 is 29.2 Å². The van der Waals surface area contributed by atoms with E-state index in [2.05, 4.69) is 16.0 Å². The van der Waals surface area contributed by atoms with E-state index in [9.17, 15) is 14.9 Å².